The maximum Gasteiger partial charge on any atom is 0.434 e. The second-order valence-corrected chi connectivity index (χ2v) is 8.57. The molecule has 34 heavy (non-hydrogen) atoms. The van der Waals surface area contributed by atoms with Gasteiger partial charge in [0.2, 0.25) is 11.8 Å². The zero-order valence-corrected chi connectivity index (χ0v) is 18.9. The summed E-state index contributed by atoms with van der Waals surface area (Å²) < 4.78 is 63.6. The SMILES string of the molecule is COc1nn(-c2cnc(C(F)(F)F)cn2)cc1CNC(=O)[C@@H]1C[C@@H](F)CN1C(=O)OC(C)(C)C. The highest BCUT2D eigenvalue weighted by atomic mass is 19.4. The monoisotopic (exact) mass is 488 g/mol. The summed E-state index contributed by atoms with van der Waals surface area (Å²) in [7, 11) is 1.32. The van der Waals surface area contributed by atoms with Crippen LogP contribution in [-0.2, 0) is 22.3 Å². The van der Waals surface area contributed by atoms with Crippen LogP contribution >= 0.6 is 0 Å². The summed E-state index contributed by atoms with van der Waals surface area (Å²) in [5.74, 6) is -0.521. The van der Waals surface area contributed by atoms with Crippen molar-refractivity contribution in [3.8, 4) is 11.7 Å². The minimum Gasteiger partial charge on any atom is -0.480 e. The van der Waals surface area contributed by atoms with Gasteiger partial charge in [-0.05, 0) is 20.8 Å². The molecule has 0 radical (unpaired) electrons. The summed E-state index contributed by atoms with van der Waals surface area (Å²) in [6.07, 6.45) is -4.11. The van der Waals surface area contributed by atoms with Gasteiger partial charge < -0.3 is 14.8 Å². The molecule has 3 heterocycles. The van der Waals surface area contributed by atoms with E-state index in [1.54, 1.807) is 20.8 Å². The highest BCUT2D eigenvalue weighted by molar-refractivity contribution is 5.86. The molecule has 0 aromatic carbocycles. The molecule has 1 saturated heterocycles. The number of hydrogen-bond donors (Lipinski definition) is 1. The third-order valence-corrected chi connectivity index (χ3v) is 4.74. The second-order valence-electron chi connectivity index (χ2n) is 8.57. The average molecular weight is 488 g/mol. The van der Waals surface area contributed by atoms with Crippen LogP contribution in [0, 0.1) is 0 Å². The van der Waals surface area contributed by atoms with E-state index < -0.39 is 41.7 Å². The molecule has 14 heteroatoms. The van der Waals surface area contributed by atoms with E-state index in [4.69, 9.17) is 9.47 Å². The van der Waals surface area contributed by atoms with Crippen molar-refractivity contribution in [2.24, 2.45) is 0 Å². The fourth-order valence-corrected chi connectivity index (χ4v) is 3.25. The molecular weight excluding hydrogens is 464 g/mol. The first-order valence-electron chi connectivity index (χ1n) is 10.2. The van der Waals surface area contributed by atoms with Crippen LogP contribution < -0.4 is 10.1 Å². The first-order valence-corrected chi connectivity index (χ1v) is 10.2. The summed E-state index contributed by atoms with van der Waals surface area (Å²) in [6, 6.07) is -1.06. The Morgan fingerprint density at radius 2 is 1.91 bits per heavy atom. The van der Waals surface area contributed by atoms with Crippen LogP contribution in [-0.4, -0.2) is 68.1 Å². The van der Waals surface area contributed by atoms with Crippen molar-refractivity contribution in [3.63, 3.8) is 0 Å². The number of carbonyl (C=O) groups is 2. The predicted molar refractivity (Wildman–Crippen MR) is 109 cm³/mol. The van der Waals surface area contributed by atoms with Crippen molar-refractivity contribution >= 4 is 12.0 Å². The lowest BCUT2D eigenvalue weighted by atomic mass is 10.2. The van der Waals surface area contributed by atoms with Crippen LogP contribution in [0.25, 0.3) is 5.82 Å². The molecule has 10 nitrogen and oxygen atoms in total. The van der Waals surface area contributed by atoms with Crippen LogP contribution in [0.2, 0.25) is 0 Å². The number of nitrogens with zero attached hydrogens (tertiary/aromatic N) is 5. The van der Waals surface area contributed by atoms with Crippen LogP contribution in [0.1, 0.15) is 38.4 Å². The number of likely N-dealkylation sites (tertiary alicyclic amines) is 1. The minimum atomic E-state index is -4.63. The zero-order chi connectivity index (χ0) is 25.3. The molecule has 0 aliphatic carbocycles. The van der Waals surface area contributed by atoms with Crippen molar-refractivity contribution in [1.82, 2.24) is 30.0 Å². The van der Waals surface area contributed by atoms with Crippen LogP contribution in [0.5, 0.6) is 5.88 Å². The number of rotatable bonds is 5. The summed E-state index contributed by atoms with van der Waals surface area (Å²) in [6.45, 7) is 4.61. The zero-order valence-electron chi connectivity index (χ0n) is 18.9. The van der Waals surface area contributed by atoms with Gasteiger partial charge in [-0.1, -0.05) is 0 Å². The Kier molecular flexibility index (Phi) is 6.98. The highest BCUT2D eigenvalue weighted by Crippen LogP contribution is 2.27. The topological polar surface area (TPSA) is 111 Å². The number of nitrogens with one attached hydrogen (secondary N) is 1. The van der Waals surface area contributed by atoms with Gasteiger partial charge in [-0.25, -0.2) is 23.8 Å². The van der Waals surface area contributed by atoms with Crippen molar-refractivity contribution in [2.45, 2.75) is 57.7 Å². The summed E-state index contributed by atoms with van der Waals surface area (Å²) >= 11 is 0. The van der Waals surface area contributed by atoms with Gasteiger partial charge >= 0.3 is 12.3 Å². The van der Waals surface area contributed by atoms with Crippen molar-refractivity contribution in [3.05, 3.63) is 29.8 Å². The Bertz CT molecular complexity index is 1040. The van der Waals surface area contributed by atoms with E-state index in [1.807, 2.05) is 0 Å². The molecule has 1 N–H and O–H groups in total. The molecule has 2 amide bonds. The van der Waals surface area contributed by atoms with E-state index in [0.717, 1.165) is 15.8 Å². The van der Waals surface area contributed by atoms with E-state index in [-0.39, 0.29) is 31.2 Å². The lowest BCUT2D eigenvalue weighted by Crippen LogP contribution is -2.47. The smallest absolute Gasteiger partial charge is 0.434 e. The molecule has 0 spiro atoms. The Hall–Kier alpha value is -3.45. The Balaban J connectivity index is 1.70. The molecule has 2 atom stereocenters. The number of ether oxygens (including phenoxy) is 2. The van der Waals surface area contributed by atoms with Gasteiger partial charge in [0.25, 0.3) is 0 Å². The first-order chi connectivity index (χ1) is 15.8. The number of hydrogen-bond acceptors (Lipinski definition) is 7. The molecule has 0 bridgehead atoms. The van der Waals surface area contributed by atoms with Crippen molar-refractivity contribution in [2.75, 3.05) is 13.7 Å². The molecule has 0 unspecified atom stereocenters. The van der Waals surface area contributed by atoms with Gasteiger partial charge in [0.15, 0.2) is 11.5 Å². The van der Waals surface area contributed by atoms with Crippen LogP contribution in [0.3, 0.4) is 0 Å². The lowest BCUT2D eigenvalue weighted by molar-refractivity contribution is -0.141. The van der Waals surface area contributed by atoms with Gasteiger partial charge in [-0.15, -0.1) is 5.10 Å². The van der Waals surface area contributed by atoms with Gasteiger partial charge in [0, 0.05) is 19.2 Å². The predicted octanol–water partition coefficient (Wildman–Crippen LogP) is 2.65. The maximum absolute atomic E-state index is 14.0. The number of aromatic nitrogens is 4. The minimum absolute atomic E-state index is 0.00367. The van der Waals surface area contributed by atoms with Gasteiger partial charge in [0.05, 0.1) is 31.6 Å². The summed E-state index contributed by atoms with van der Waals surface area (Å²) in [4.78, 5) is 33.2. The summed E-state index contributed by atoms with van der Waals surface area (Å²) in [5.41, 5.74) is -1.59. The molecule has 1 fully saturated rings. The Morgan fingerprint density at radius 1 is 1.21 bits per heavy atom. The molecule has 186 valence electrons. The van der Waals surface area contributed by atoms with Gasteiger partial charge in [-0.2, -0.15) is 13.2 Å². The van der Waals surface area contributed by atoms with E-state index in [9.17, 15) is 27.2 Å². The molecule has 1 aliphatic rings. The van der Waals surface area contributed by atoms with E-state index in [1.165, 1.54) is 13.3 Å². The highest BCUT2D eigenvalue weighted by Gasteiger charge is 2.41. The number of methoxy groups -OCH3 is 1. The third-order valence-electron chi connectivity index (χ3n) is 4.74. The largest absolute Gasteiger partial charge is 0.480 e. The lowest BCUT2D eigenvalue weighted by Gasteiger charge is -2.27. The number of carbonyl (C=O) groups excluding carboxylic acids is 2. The first kappa shape index (κ1) is 25.2. The molecule has 2 aromatic rings. The molecule has 1 aliphatic heterocycles. The fourth-order valence-electron chi connectivity index (χ4n) is 3.25. The molecule has 3 rings (SSSR count). The summed E-state index contributed by atoms with van der Waals surface area (Å²) in [5, 5.41) is 6.68. The molecule has 2 aromatic heterocycles. The quantitative estimate of drug-likeness (QED) is 0.644. The number of halogens is 4. The van der Waals surface area contributed by atoms with Crippen LogP contribution in [0.15, 0.2) is 18.6 Å². The Morgan fingerprint density at radius 3 is 2.47 bits per heavy atom. The normalized spacial score (nSPS) is 18.6. The van der Waals surface area contributed by atoms with E-state index in [2.05, 4.69) is 20.4 Å². The van der Waals surface area contributed by atoms with Crippen molar-refractivity contribution < 1.29 is 36.6 Å². The standard InChI is InChI=1S/C20H24F4N6O4/c1-19(2,3)34-18(32)29-10-12(21)5-13(29)16(31)27-6-11-9-30(28-17(11)33-4)15-8-25-14(7-26-15)20(22,23)24/h7-9,12-13H,5-6,10H2,1-4H3,(H,27,31)/t12-,13+/m1/s1. The van der Waals surface area contributed by atoms with Crippen LogP contribution in [0.4, 0.5) is 22.4 Å². The van der Waals surface area contributed by atoms with Gasteiger partial charge in [-0.3, -0.25) is 9.69 Å². The molecular formula is C20H24F4N6O4. The fraction of sp³-hybridized carbons (Fsp3) is 0.550. The average Bonchev–Trinajstić information content (AvgIpc) is 3.33. The second kappa shape index (κ2) is 9.43. The maximum atomic E-state index is 14.0. The number of alkyl halides is 4. The van der Waals surface area contributed by atoms with Gasteiger partial charge in [0.1, 0.15) is 17.8 Å². The Labute approximate surface area is 192 Å². The van der Waals surface area contributed by atoms with Crippen molar-refractivity contribution in [1.29, 1.82) is 0 Å². The van der Waals surface area contributed by atoms with E-state index in [0.29, 0.717) is 11.8 Å². The van der Waals surface area contributed by atoms with E-state index >= 15 is 0 Å². The molecule has 0 saturated carbocycles. The third kappa shape index (κ3) is 5.91. The number of amides is 2.